The van der Waals surface area contributed by atoms with Gasteiger partial charge < -0.3 is 20.5 Å². The van der Waals surface area contributed by atoms with Gasteiger partial charge in [0.05, 0.1) is 20.8 Å². The van der Waals surface area contributed by atoms with Crippen LogP contribution in [0.2, 0.25) is 0 Å². The molecule has 0 aliphatic heterocycles. The van der Waals surface area contributed by atoms with Gasteiger partial charge in [0.25, 0.3) is 0 Å². The van der Waals surface area contributed by atoms with Crippen LogP contribution in [0.15, 0.2) is 18.2 Å². The number of methoxy groups -OCH3 is 2. The Bertz CT molecular complexity index is 366. The summed E-state index contributed by atoms with van der Waals surface area (Å²) in [6, 6.07) is 5.58. The summed E-state index contributed by atoms with van der Waals surface area (Å²) in [6.45, 7) is 0.643. The predicted octanol–water partition coefficient (Wildman–Crippen LogP) is 0.279. The second kappa shape index (κ2) is 5.97. The second-order valence-electron chi connectivity index (χ2n) is 3.22. The summed E-state index contributed by atoms with van der Waals surface area (Å²) in [4.78, 5) is 10.6. The lowest BCUT2D eigenvalue weighted by molar-refractivity contribution is -0.117. The molecule has 0 spiro atoms. The number of hydrogen-bond acceptors (Lipinski definition) is 4. The average Bonchev–Trinajstić information content (AvgIpc) is 2.28. The topological polar surface area (TPSA) is 73.6 Å². The monoisotopic (exact) mass is 224 g/mol. The zero-order valence-corrected chi connectivity index (χ0v) is 9.45. The molecule has 0 heterocycles. The fourth-order valence-corrected chi connectivity index (χ4v) is 1.41. The number of para-hydroxylation sites is 1. The molecule has 1 aromatic rings. The van der Waals surface area contributed by atoms with E-state index in [1.54, 1.807) is 14.2 Å². The van der Waals surface area contributed by atoms with Gasteiger partial charge in [-0.15, -0.1) is 0 Å². The Balaban J connectivity index is 2.74. The molecule has 0 aliphatic carbocycles. The van der Waals surface area contributed by atoms with Gasteiger partial charge in [0.15, 0.2) is 11.5 Å². The zero-order chi connectivity index (χ0) is 12.0. The number of nitrogens with two attached hydrogens (primary N) is 1. The van der Waals surface area contributed by atoms with Gasteiger partial charge in [-0.05, 0) is 6.07 Å². The summed E-state index contributed by atoms with van der Waals surface area (Å²) in [5, 5.41) is 2.92. The Labute approximate surface area is 94.5 Å². The Morgan fingerprint density at radius 2 is 2.12 bits per heavy atom. The molecule has 5 nitrogen and oxygen atoms in total. The van der Waals surface area contributed by atoms with E-state index in [9.17, 15) is 4.79 Å². The molecule has 1 amide bonds. The largest absolute Gasteiger partial charge is 0.493 e. The van der Waals surface area contributed by atoms with Crippen molar-refractivity contribution in [3.8, 4) is 11.5 Å². The summed E-state index contributed by atoms with van der Waals surface area (Å²) in [7, 11) is 3.16. The zero-order valence-electron chi connectivity index (χ0n) is 9.45. The highest BCUT2D eigenvalue weighted by Gasteiger charge is 2.08. The van der Waals surface area contributed by atoms with Crippen LogP contribution < -0.4 is 20.5 Å². The first-order chi connectivity index (χ1) is 7.69. The average molecular weight is 224 g/mol. The second-order valence-corrected chi connectivity index (χ2v) is 3.22. The molecule has 0 unspecified atom stereocenters. The van der Waals surface area contributed by atoms with Crippen LogP contribution in [-0.4, -0.2) is 26.7 Å². The molecule has 0 fully saturated rings. The lowest BCUT2D eigenvalue weighted by atomic mass is 10.2. The molecule has 0 saturated heterocycles. The minimum Gasteiger partial charge on any atom is -0.493 e. The molecule has 0 bridgehead atoms. The third-order valence-corrected chi connectivity index (χ3v) is 2.10. The van der Waals surface area contributed by atoms with E-state index < -0.39 is 0 Å². The predicted molar refractivity (Wildman–Crippen MR) is 60.4 cm³/mol. The molecule has 16 heavy (non-hydrogen) atoms. The van der Waals surface area contributed by atoms with Crippen molar-refractivity contribution in [1.29, 1.82) is 0 Å². The number of primary amides is 1. The molecule has 0 aliphatic rings. The van der Waals surface area contributed by atoms with Crippen molar-refractivity contribution >= 4 is 5.91 Å². The van der Waals surface area contributed by atoms with Crippen LogP contribution >= 0.6 is 0 Å². The number of amides is 1. The number of ether oxygens (including phenoxy) is 2. The van der Waals surface area contributed by atoms with Crippen LogP contribution in [0.5, 0.6) is 11.5 Å². The van der Waals surface area contributed by atoms with Gasteiger partial charge in [0, 0.05) is 12.1 Å². The number of carbonyl (C=O) groups is 1. The maximum Gasteiger partial charge on any atom is 0.231 e. The molecule has 1 aromatic carbocycles. The molecule has 1 rings (SSSR count). The molecule has 3 N–H and O–H groups in total. The number of hydrogen-bond donors (Lipinski definition) is 2. The summed E-state index contributed by atoms with van der Waals surface area (Å²) in [6.07, 6.45) is 0. The molecule has 88 valence electrons. The van der Waals surface area contributed by atoms with Gasteiger partial charge in [-0.3, -0.25) is 4.79 Å². The summed E-state index contributed by atoms with van der Waals surface area (Å²) in [5.74, 6) is 0.949. The highest BCUT2D eigenvalue weighted by Crippen LogP contribution is 2.30. The smallest absolute Gasteiger partial charge is 0.231 e. The number of benzene rings is 1. The quantitative estimate of drug-likeness (QED) is 0.728. The first kappa shape index (κ1) is 12.3. The molecule has 0 aromatic heterocycles. The van der Waals surface area contributed by atoms with E-state index in [4.69, 9.17) is 15.2 Å². The molecule has 0 atom stereocenters. The van der Waals surface area contributed by atoms with Gasteiger partial charge in [-0.2, -0.15) is 0 Å². The van der Waals surface area contributed by atoms with E-state index in [1.807, 2.05) is 18.2 Å². The molecular formula is C11H16N2O3. The van der Waals surface area contributed by atoms with Gasteiger partial charge in [-0.25, -0.2) is 0 Å². The van der Waals surface area contributed by atoms with Crippen molar-refractivity contribution in [2.45, 2.75) is 6.54 Å². The van der Waals surface area contributed by atoms with Crippen LogP contribution in [0, 0.1) is 0 Å². The van der Waals surface area contributed by atoms with Gasteiger partial charge >= 0.3 is 0 Å². The maximum atomic E-state index is 10.6. The lowest BCUT2D eigenvalue weighted by Gasteiger charge is -2.12. The Hall–Kier alpha value is -1.75. The summed E-state index contributed by atoms with van der Waals surface area (Å²) >= 11 is 0. The van der Waals surface area contributed by atoms with Gasteiger partial charge in [0.1, 0.15) is 0 Å². The normalized spacial score (nSPS) is 9.88. The Kier molecular flexibility index (Phi) is 4.60. The van der Waals surface area contributed by atoms with Crippen LogP contribution in [0.3, 0.4) is 0 Å². The van der Waals surface area contributed by atoms with Crippen molar-refractivity contribution in [3.63, 3.8) is 0 Å². The van der Waals surface area contributed by atoms with Crippen LogP contribution in [-0.2, 0) is 11.3 Å². The molecule has 5 heteroatoms. The van der Waals surface area contributed by atoms with E-state index in [0.29, 0.717) is 18.0 Å². The number of carbonyl (C=O) groups excluding carboxylic acids is 1. The van der Waals surface area contributed by atoms with Crippen molar-refractivity contribution < 1.29 is 14.3 Å². The SMILES string of the molecule is COc1cccc(CNCC(N)=O)c1OC. The van der Waals surface area contributed by atoms with Gasteiger partial charge in [0.2, 0.25) is 5.91 Å². The van der Waals surface area contributed by atoms with Crippen molar-refractivity contribution in [2.75, 3.05) is 20.8 Å². The van der Waals surface area contributed by atoms with E-state index in [-0.39, 0.29) is 12.5 Å². The highest BCUT2D eigenvalue weighted by molar-refractivity contribution is 5.75. The summed E-state index contributed by atoms with van der Waals surface area (Å²) < 4.78 is 10.4. The Morgan fingerprint density at radius 1 is 1.38 bits per heavy atom. The molecule has 0 saturated carbocycles. The maximum absolute atomic E-state index is 10.6. The minimum absolute atomic E-state index is 0.139. The van der Waals surface area contributed by atoms with Crippen molar-refractivity contribution in [1.82, 2.24) is 5.32 Å². The van der Waals surface area contributed by atoms with Crippen molar-refractivity contribution in [3.05, 3.63) is 23.8 Å². The first-order valence-corrected chi connectivity index (χ1v) is 4.88. The van der Waals surface area contributed by atoms with Crippen LogP contribution in [0.25, 0.3) is 0 Å². The fourth-order valence-electron chi connectivity index (χ4n) is 1.41. The van der Waals surface area contributed by atoms with E-state index in [2.05, 4.69) is 5.32 Å². The van der Waals surface area contributed by atoms with Gasteiger partial charge in [-0.1, -0.05) is 12.1 Å². The fraction of sp³-hybridized carbons (Fsp3) is 0.364. The third-order valence-electron chi connectivity index (χ3n) is 2.10. The van der Waals surface area contributed by atoms with E-state index >= 15 is 0 Å². The molecular weight excluding hydrogens is 208 g/mol. The van der Waals surface area contributed by atoms with Crippen LogP contribution in [0.4, 0.5) is 0 Å². The number of rotatable bonds is 6. The standard InChI is InChI=1S/C11H16N2O3/c1-15-9-5-3-4-8(11(9)16-2)6-13-7-10(12)14/h3-5,13H,6-7H2,1-2H3,(H2,12,14). The Morgan fingerprint density at radius 3 is 2.69 bits per heavy atom. The first-order valence-electron chi connectivity index (χ1n) is 4.88. The highest BCUT2D eigenvalue weighted by atomic mass is 16.5. The third kappa shape index (κ3) is 3.13. The molecule has 0 radical (unpaired) electrons. The lowest BCUT2D eigenvalue weighted by Crippen LogP contribution is -2.28. The van der Waals surface area contributed by atoms with E-state index in [0.717, 1.165) is 5.56 Å². The van der Waals surface area contributed by atoms with Crippen molar-refractivity contribution in [2.24, 2.45) is 5.73 Å². The summed E-state index contributed by atoms with van der Waals surface area (Å²) in [5.41, 5.74) is 5.95. The van der Waals surface area contributed by atoms with Crippen LogP contribution in [0.1, 0.15) is 5.56 Å². The minimum atomic E-state index is -0.387. The number of nitrogens with one attached hydrogen (secondary N) is 1. The van der Waals surface area contributed by atoms with E-state index in [1.165, 1.54) is 0 Å².